The van der Waals surface area contributed by atoms with Crippen molar-refractivity contribution in [3.05, 3.63) is 23.8 Å². The largest absolute Gasteiger partial charge is 0.462 e. The van der Waals surface area contributed by atoms with Crippen LogP contribution in [-0.4, -0.2) is 12.1 Å². The second kappa shape index (κ2) is 23.9. The zero-order valence-corrected chi connectivity index (χ0v) is 36.5. The number of carbonyl (C=O) groups is 1. The Hall–Kier alpha value is -1.05. The number of ether oxygens (including phenoxy) is 1. The number of hydrogen-bond acceptors (Lipinski definition) is 2. The monoisotopic (exact) mass is 735 g/mol. The highest BCUT2D eigenvalue weighted by Gasteiger charge is 2.59. The molecule has 53 heavy (non-hydrogen) atoms. The average Bonchev–Trinajstić information content (AvgIpc) is 3.49. The maximum Gasteiger partial charge on any atom is 0.306 e. The fourth-order valence-corrected chi connectivity index (χ4v) is 12.4. The standard InChI is InChI=1S/C51H90O2/c1-7-8-9-10-11-12-13-14-15-16-17-18-19-20-21-22-23-24-25-26-27-31-49(52)53-44-36-38-50(5)43(40-44)32-33-45-47-35-34-46(42(4)30-28-29-41(2)3)51(47,6)39-37-48(45)50/h16-17,32,41-42,44-48H,7-15,18-31,33-40H2,1-6H3/b17-16-. The van der Waals surface area contributed by atoms with Gasteiger partial charge in [0.05, 0.1) is 0 Å². The summed E-state index contributed by atoms with van der Waals surface area (Å²) in [5.74, 6) is 5.32. The molecule has 8 atom stereocenters. The first-order valence-corrected chi connectivity index (χ1v) is 24.2. The molecule has 0 aliphatic heterocycles. The highest BCUT2D eigenvalue weighted by Crippen LogP contribution is 2.67. The Bertz CT molecular complexity index is 1070. The van der Waals surface area contributed by atoms with Crippen molar-refractivity contribution in [2.24, 2.45) is 46.3 Å². The summed E-state index contributed by atoms with van der Waals surface area (Å²) in [6.45, 7) is 15.0. The summed E-state index contributed by atoms with van der Waals surface area (Å²) in [7, 11) is 0. The molecule has 0 spiro atoms. The molecule has 306 valence electrons. The van der Waals surface area contributed by atoms with Crippen LogP contribution in [0.4, 0.5) is 0 Å². The lowest BCUT2D eigenvalue weighted by molar-refractivity contribution is -0.151. The molecule has 0 bridgehead atoms. The Balaban J connectivity index is 1.02. The molecule has 4 rings (SSSR count). The molecule has 0 aromatic rings. The van der Waals surface area contributed by atoms with E-state index in [9.17, 15) is 4.79 Å². The van der Waals surface area contributed by atoms with E-state index < -0.39 is 0 Å². The highest BCUT2D eigenvalue weighted by atomic mass is 16.5. The Morgan fingerprint density at radius 2 is 1.32 bits per heavy atom. The van der Waals surface area contributed by atoms with E-state index in [1.54, 1.807) is 5.57 Å². The maximum atomic E-state index is 12.9. The Morgan fingerprint density at radius 3 is 1.94 bits per heavy atom. The van der Waals surface area contributed by atoms with Gasteiger partial charge in [-0.1, -0.05) is 174 Å². The second-order valence-corrected chi connectivity index (χ2v) is 20.1. The van der Waals surface area contributed by atoms with Gasteiger partial charge < -0.3 is 4.74 Å². The van der Waals surface area contributed by atoms with Crippen LogP contribution in [0, 0.1) is 46.3 Å². The van der Waals surface area contributed by atoms with Crippen LogP contribution in [0.3, 0.4) is 0 Å². The lowest BCUT2D eigenvalue weighted by Gasteiger charge is -2.58. The van der Waals surface area contributed by atoms with Crippen molar-refractivity contribution in [1.29, 1.82) is 0 Å². The minimum Gasteiger partial charge on any atom is -0.462 e. The van der Waals surface area contributed by atoms with Crippen molar-refractivity contribution in [3.8, 4) is 0 Å². The SMILES string of the molecule is CCCCCCCCCC/C=C\CCCCCCCCCCCC(=O)OC1CCC2(C)C(=CCC3C2CCC2(C)C(C(C)CCCC(C)C)CCC32)C1. The van der Waals surface area contributed by atoms with Gasteiger partial charge in [-0.25, -0.2) is 0 Å². The molecule has 4 aliphatic carbocycles. The van der Waals surface area contributed by atoms with Crippen LogP contribution >= 0.6 is 0 Å². The third-order valence-corrected chi connectivity index (χ3v) is 15.7. The summed E-state index contributed by atoms with van der Waals surface area (Å²) in [4.78, 5) is 12.9. The molecule has 0 radical (unpaired) electrons. The molecule has 0 aromatic carbocycles. The first-order chi connectivity index (χ1) is 25.7. The van der Waals surface area contributed by atoms with Gasteiger partial charge in [-0.15, -0.1) is 0 Å². The van der Waals surface area contributed by atoms with E-state index in [1.807, 2.05) is 0 Å². The van der Waals surface area contributed by atoms with Crippen LogP contribution in [0.25, 0.3) is 0 Å². The minimum atomic E-state index is 0.0627. The van der Waals surface area contributed by atoms with Crippen LogP contribution < -0.4 is 0 Å². The van der Waals surface area contributed by atoms with Crippen LogP contribution in [0.15, 0.2) is 23.8 Å². The molecule has 0 heterocycles. The number of esters is 1. The van der Waals surface area contributed by atoms with E-state index in [1.165, 1.54) is 173 Å². The normalized spacial score (nSPS) is 30.2. The van der Waals surface area contributed by atoms with Crippen LogP contribution in [0.1, 0.15) is 241 Å². The van der Waals surface area contributed by atoms with Crippen molar-refractivity contribution in [2.75, 3.05) is 0 Å². The van der Waals surface area contributed by atoms with Gasteiger partial charge in [0.25, 0.3) is 0 Å². The van der Waals surface area contributed by atoms with Crippen molar-refractivity contribution in [3.63, 3.8) is 0 Å². The highest BCUT2D eigenvalue weighted by molar-refractivity contribution is 5.69. The Morgan fingerprint density at radius 1 is 0.717 bits per heavy atom. The van der Waals surface area contributed by atoms with Gasteiger partial charge in [0, 0.05) is 12.8 Å². The summed E-state index contributed by atoms with van der Waals surface area (Å²) < 4.78 is 6.15. The molecular formula is C51H90O2. The van der Waals surface area contributed by atoms with Crippen molar-refractivity contribution in [2.45, 2.75) is 247 Å². The van der Waals surface area contributed by atoms with Crippen molar-refractivity contribution in [1.82, 2.24) is 0 Å². The van der Waals surface area contributed by atoms with Crippen molar-refractivity contribution >= 4 is 5.97 Å². The summed E-state index contributed by atoms with van der Waals surface area (Å²) >= 11 is 0. The first kappa shape index (κ1) is 44.7. The minimum absolute atomic E-state index is 0.0627. The van der Waals surface area contributed by atoms with Crippen LogP contribution in [0.5, 0.6) is 0 Å². The molecule has 0 amide bonds. The number of allylic oxidation sites excluding steroid dienone is 3. The zero-order valence-electron chi connectivity index (χ0n) is 36.5. The van der Waals surface area contributed by atoms with Crippen LogP contribution in [-0.2, 0) is 9.53 Å². The summed E-state index contributed by atoms with van der Waals surface area (Å²) in [5, 5.41) is 0. The molecule has 4 aliphatic rings. The maximum absolute atomic E-state index is 12.9. The summed E-state index contributed by atoms with van der Waals surface area (Å²) in [6, 6.07) is 0. The number of carbonyl (C=O) groups excluding carboxylic acids is 1. The molecular weight excluding hydrogens is 645 g/mol. The molecule has 3 fully saturated rings. The van der Waals surface area contributed by atoms with E-state index in [-0.39, 0.29) is 12.1 Å². The van der Waals surface area contributed by atoms with E-state index in [0.29, 0.717) is 17.3 Å². The lowest BCUT2D eigenvalue weighted by Crippen LogP contribution is -2.51. The van der Waals surface area contributed by atoms with Crippen molar-refractivity contribution < 1.29 is 9.53 Å². The quantitative estimate of drug-likeness (QED) is 0.0477. The van der Waals surface area contributed by atoms with E-state index >= 15 is 0 Å². The van der Waals surface area contributed by atoms with Crippen LogP contribution in [0.2, 0.25) is 0 Å². The van der Waals surface area contributed by atoms with Gasteiger partial charge in [-0.3, -0.25) is 4.79 Å². The van der Waals surface area contributed by atoms with E-state index in [4.69, 9.17) is 4.74 Å². The molecule has 8 unspecified atom stereocenters. The third-order valence-electron chi connectivity index (χ3n) is 15.7. The molecule has 0 saturated heterocycles. The summed E-state index contributed by atoms with van der Waals surface area (Å²) in [6.07, 6.45) is 48.3. The third kappa shape index (κ3) is 13.8. The van der Waals surface area contributed by atoms with Gasteiger partial charge >= 0.3 is 5.97 Å². The van der Waals surface area contributed by atoms with E-state index in [2.05, 4.69) is 59.8 Å². The number of rotatable bonds is 27. The lowest BCUT2D eigenvalue weighted by atomic mass is 9.47. The van der Waals surface area contributed by atoms with Gasteiger partial charge in [-0.05, 0) is 123 Å². The average molecular weight is 735 g/mol. The fourth-order valence-electron chi connectivity index (χ4n) is 12.4. The predicted molar refractivity (Wildman–Crippen MR) is 230 cm³/mol. The fraction of sp³-hybridized carbons (Fsp3) is 0.902. The molecule has 2 heteroatoms. The number of fused-ring (bicyclic) bond motifs is 5. The second-order valence-electron chi connectivity index (χ2n) is 20.1. The van der Waals surface area contributed by atoms with Gasteiger partial charge in [0.15, 0.2) is 0 Å². The number of hydrogen-bond donors (Lipinski definition) is 0. The first-order valence-electron chi connectivity index (χ1n) is 24.2. The Kier molecular flexibility index (Phi) is 20.1. The smallest absolute Gasteiger partial charge is 0.306 e. The molecule has 3 saturated carbocycles. The molecule has 2 nitrogen and oxygen atoms in total. The van der Waals surface area contributed by atoms with Gasteiger partial charge in [0.2, 0.25) is 0 Å². The molecule has 0 aromatic heterocycles. The topological polar surface area (TPSA) is 26.3 Å². The molecule has 0 N–H and O–H groups in total. The van der Waals surface area contributed by atoms with E-state index in [0.717, 1.165) is 54.8 Å². The number of unbranched alkanes of at least 4 members (excludes halogenated alkanes) is 17. The van der Waals surface area contributed by atoms with Gasteiger partial charge in [-0.2, -0.15) is 0 Å². The zero-order chi connectivity index (χ0) is 37.9. The Labute approximate surface area is 331 Å². The van der Waals surface area contributed by atoms with Gasteiger partial charge in [0.1, 0.15) is 6.10 Å². The predicted octanol–water partition coefficient (Wildman–Crippen LogP) is 16.3. The summed E-state index contributed by atoms with van der Waals surface area (Å²) in [5.41, 5.74) is 2.53.